The first-order valence-corrected chi connectivity index (χ1v) is 19.4. The molecule has 11 heteroatoms. The molecule has 292 valence electrons. The molecule has 2 amide bonds. The molecular weight excluding hydrogens is 745 g/mol. The van der Waals surface area contributed by atoms with E-state index in [4.69, 9.17) is 0 Å². The number of carbonyl (C=O) groups excluding carboxylic acids is 1. The molecule has 0 saturated heterocycles. The van der Waals surface area contributed by atoms with E-state index < -0.39 is 0 Å². The van der Waals surface area contributed by atoms with E-state index >= 15 is 0 Å². The highest BCUT2D eigenvalue weighted by atomic mass is 16.2. The highest BCUT2D eigenvalue weighted by molar-refractivity contribution is 6.02. The number of benzene rings is 8. The Bertz CT molecular complexity index is 2750. The minimum atomic E-state index is -0.387. The van der Waals surface area contributed by atoms with Gasteiger partial charge in [0.25, 0.3) is 0 Å². The van der Waals surface area contributed by atoms with Gasteiger partial charge in [-0.05, 0) is 137 Å². The normalized spacial score (nSPS) is 11.8. The quantitative estimate of drug-likeness (QED) is 0.131. The van der Waals surface area contributed by atoms with Crippen LogP contribution in [0.5, 0.6) is 0 Å². The van der Waals surface area contributed by atoms with Crippen molar-refractivity contribution in [2.45, 2.75) is 27.7 Å². The number of nitrogens with one attached hydrogen (secondary N) is 2. The van der Waals surface area contributed by atoms with Crippen molar-refractivity contribution in [2.75, 3.05) is 10.6 Å². The van der Waals surface area contributed by atoms with Crippen LogP contribution in [0.15, 0.2) is 199 Å². The van der Waals surface area contributed by atoms with Crippen molar-refractivity contribution in [3.63, 3.8) is 0 Å². The fourth-order valence-corrected chi connectivity index (χ4v) is 6.40. The van der Waals surface area contributed by atoms with Gasteiger partial charge in [0.15, 0.2) is 0 Å². The number of hydrogen-bond donors (Lipinski definition) is 2. The molecule has 0 fully saturated rings. The van der Waals surface area contributed by atoms with Crippen LogP contribution in [-0.4, -0.2) is 6.03 Å². The highest BCUT2D eigenvalue weighted by Crippen LogP contribution is 2.38. The van der Waals surface area contributed by atoms with Crippen LogP contribution in [0.2, 0.25) is 0 Å². The van der Waals surface area contributed by atoms with Gasteiger partial charge in [0, 0.05) is 32.9 Å². The lowest BCUT2D eigenvalue weighted by Crippen LogP contribution is -2.19. The second-order valence-electron chi connectivity index (χ2n) is 14.4. The Labute approximate surface area is 347 Å². The molecule has 2 N–H and O–H groups in total. The third-order valence-electron chi connectivity index (χ3n) is 9.66. The average Bonchev–Trinajstić information content (AvgIpc) is 3.25. The summed E-state index contributed by atoms with van der Waals surface area (Å²) < 4.78 is 0. The van der Waals surface area contributed by atoms with Gasteiger partial charge in [-0.1, -0.05) is 70.8 Å². The number of azo groups is 4. The van der Waals surface area contributed by atoms with Gasteiger partial charge in [-0.3, -0.25) is 0 Å². The number of nitrogens with zero attached hydrogens (tertiary/aromatic N) is 8. The van der Waals surface area contributed by atoms with Gasteiger partial charge >= 0.3 is 6.03 Å². The Morgan fingerprint density at radius 2 is 0.600 bits per heavy atom. The predicted molar refractivity (Wildman–Crippen MR) is 242 cm³/mol. The first-order chi connectivity index (χ1) is 29.2. The van der Waals surface area contributed by atoms with Crippen LogP contribution in [0.1, 0.15) is 22.3 Å². The number of carbonyl (C=O) groups is 1. The van der Waals surface area contributed by atoms with Gasteiger partial charge in [-0.2, -0.15) is 20.5 Å². The Balaban J connectivity index is 0.885. The lowest BCUT2D eigenvalue weighted by Gasteiger charge is -2.08. The van der Waals surface area contributed by atoms with E-state index in [1.165, 1.54) is 11.1 Å². The van der Waals surface area contributed by atoms with Gasteiger partial charge in [-0.25, -0.2) is 4.79 Å². The van der Waals surface area contributed by atoms with Crippen LogP contribution in [-0.2, 0) is 0 Å². The molecule has 0 aromatic heterocycles. The summed E-state index contributed by atoms with van der Waals surface area (Å²) in [4.78, 5) is 12.9. The number of rotatable bonds is 10. The minimum Gasteiger partial charge on any atom is -0.308 e. The fourth-order valence-electron chi connectivity index (χ4n) is 6.40. The van der Waals surface area contributed by atoms with Crippen LogP contribution in [0.3, 0.4) is 0 Å². The molecule has 0 spiro atoms. The lowest BCUT2D eigenvalue weighted by atomic mass is 10.0. The first-order valence-electron chi connectivity index (χ1n) is 19.4. The van der Waals surface area contributed by atoms with E-state index in [0.29, 0.717) is 34.1 Å². The largest absolute Gasteiger partial charge is 0.323 e. The molecule has 0 aliphatic heterocycles. The van der Waals surface area contributed by atoms with Gasteiger partial charge < -0.3 is 10.6 Å². The third kappa shape index (κ3) is 9.55. The number of amides is 2. The molecule has 11 nitrogen and oxygen atoms in total. The number of anilines is 2. The maximum Gasteiger partial charge on any atom is 0.323 e. The molecule has 0 saturated carbocycles. The molecule has 0 radical (unpaired) electrons. The van der Waals surface area contributed by atoms with Crippen molar-refractivity contribution in [2.24, 2.45) is 40.9 Å². The van der Waals surface area contributed by atoms with Crippen molar-refractivity contribution in [3.05, 3.63) is 180 Å². The molecule has 0 aliphatic rings. The number of hydrogen-bond acceptors (Lipinski definition) is 9. The van der Waals surface area contributed by atoms with Crippen molar-refractivity contribution in [1.29, 1.82) is 0 Å². The smallest absolute Gasteiger partial charge is 0.308 e. The molecule has 60 heavy (non-hydrogen) atoms. The Morgan fingerprint density at radius 1 is 0.317 bits per heavy atom. The molecule has 0 aliphatic carbocycles. The standard InChI is InChI=1S/C49H40N10O/c1-31-5-11-37(12-6-31)52-58-47-27-25-45(41-23-9-33(3)29-43(41)47)56-54-39-19-15-35(16-20-39)50-49(60)51-36-17-21-40(22-18-36)55-57-46-26-28-48(44-30-34(4)10-24-42(44)46)59-53-38-13-7-32(2)8-14-38/h5-30H,1-4H3,(H2,50,51,60). The summed E-state index contributed by atoms with van der Waals surface area (Å²) in [5, 5.41) is 45.5. The molecule has 0 unspecified atom stereocenters. The van der Waals surface area contributed by atoms with E-state index in [9.17, 15) is 4.79 Å². The van der Waals surface area contributed by atoms with Crippen molar-refractivity contribution >= 4 is 84.4 Å². The van der Waals surface area contributed by atoms with E-state index in [-0.39, 0.29) is 6.03 Å². The number of urea groups is 1. The minimum absolute atomic E-state index is 0.387. The first kappa shape index (κ1) is 38.8. The van der Waals surface area contributed by atoms with Crippen LogP contribution >= 0.6 is 0 Å². The summed E-state index contributed by atoms with van der Waals surface area (Å²) in [5.41, 5.74) is 11.5. The Morgan fingerprint density at radius 3 is 0.933 bits per heavy atom. The fraction of sp³-hybridized carbons (Fsp3) is 0.0816. The molecule has 8 aromatic carbocycles. The van der Waals surface area contributed by atoms with Gasteiger partial charge in [0.05, 0.1) is 45.5 Å². The summed E-state index contributed by atoms with van der Waals surface area (Å²) in [5.74, 6) is 0. The second kappa shape index (κ2) is 17.6. The second-order valence-corrected chi connectivity index (χ2v) is 14.4. The monoisotopic (exact) mass is 784 g/mol. The molecule has 0 bridgehead atoms. The average molecular weight is 785 g/mol. The van der Waals surface area contributed by atoms with Crippen LogP contribution in [0.25, 0.3) is 21.5 Å². The summed E-state index contributed by atoms with van der Waals surface area (Å²) in [6, 6.07) is 49.6. The van der Waals surface area contributed by atoms with Gasteiger partial charge in [0.2, 0.25) is 0 Å². The zero-order valence-electron chi connectivity index (χ0n) is 33.5. The zero-order chi connectivity index (χ0) is 41.4. The maximum atomic E-state index is 12.9. The Hall–Kier alpha value is -8.05. The summed E-state index contributed by atoms with van der Waals surface area (Å²) in [6.45, 7) is 8.17. The van der Waals surface area contributed by atoms with Crippen molar-refractivity contribution in [1.82, 2.24) is 0 Å². The SMILES string of the molecule is Cc1ccc(N=Nc2ccc(N=Nc3ccc(NC(=O)Nc4ccc(N=Nc5ccc(N=Nc6ccc(C)cc6)c6cc(C)ccc56)cc4)cc3)c3ccc(C)cc23)cc1. The van der Waals surface area contributed by atoms with E-state index in [2.05, 4.69) is 63.7 Å². The van der Waals surface area contributed by atoms with Crippen molar-refractivity contribution in [3.8, 4) is 0 Å². The molecule has 8 aromatic rings. The molecule has 0 heterocycles. The van der Waals surface area contributed by atoms with E-state index in [1.807, 2.05) is 125 Å². The van der Waals surface area contributed by atoms with Gasteiger partial charge in [-0.15, -0.1) is 20.5 Å². The van der Waals surface area contributed by atoms with Crippen LogP contribution in [0, 0.1) is 27.7 Å². The number of fused-ring (bicyclic) bond motifs is 2. The number of aryl methyl sites for hydroxylation is 4. The molecule has 8 rings (SSSR count). The topological polar surface area (TPSA) is 140 Å². The summed E-state index contributed by atoms with van der Waals surface area (Å²) in [6.07, 6.45) is 0. The predicted octanol–water partition coefficient (Wildman–Crippen LogP) is 16.5. The van der Waals surface area contributed by atoms with Gasteiger partial charge in [0.1, 0.15) is 0 Å². The van der Waals surface area contributed by atoms with Crippen molar-refractivity contribution < 1.29 is 4.79 Å². The maximum absolute atomic E-state index is 12.9. The van der Waals surface area contributed by atoms with E-state index in [0.717, 1.165) is 55.4 Å². The third-order valence-corrected chi connectivity index (χ3v) is 9.66. The molecule has 0 atom stereocenters. The van der Waals surface area contributed by atoms with E-state index in [1.54, 1.807) is 48.5 Å². The zero-order valence-corrected chi connectivity index (χ0v) is 33.5. The summed E-state index contributed by atoms with van der Waals surface area (Å²) >= 11 is 0. The highest BCUT2D eigenvalue weighted by Gasteiger charge is 2.09. The lowest BCUT2D eigenvalue weighted by molar-refractivity contribution is 0.262. The summed E-state index contributed by atoms with van der Waals surface area (Å²) in [7, 11) is 0. The van der Waals surface area contributed by atoms with Crippen LogP contribution < -0.4 is 10.6 Å². The Kier molecular flexibility index (Phi) is 11.4. The van der Waals surface area contributed by atoms with Crippen LogP contribution in [0.4, 0.5) is 61.7 Å². The molecular formula is C49H40N10O.